The Morgan fingerprint density at radius 1 is 1.35 bits per heavy atom. The van der Waals surface area contributed by atoms with Crippen LogP contribution in [0, 0.1) is 0 Å². The highest BCUT2D eigenvalue weighted by Gasteiger charge is 2.13. The number of ether oxygens (including phenoxy) is 2. The molecule has 0 saturated heterocycles. The van der Waals surface area contributed by atoms with Crippen LogP contribution in [0.25, 0.3) is 0 Å². The van der Waals surface area contributed by atoms with E-state index in [0.29, 0.717) is 13.2 Å². The second-order valence-electron chi connectivity index (χ2n) is 3.67. The Kier molecular flexibility index (Phi) is 6.29. The van der Waals surface area contributed by atoms with Crippen molar-refractivity contribution < 1.29 is 14.3 Å². The molecule has 4 heteroatoms. The van der Waals surface area contributed by atoms with Crippen LogP contribution in [-0.4, -0.2) is 31.8 Å². The number of rotatable bonds is 7. The topological polar surface area (TPSA) is 61.5 Å². The molecule has 0 aliphatic rings. The van der Waals surface area contributed by atoms with E-state index in [-0.39, 0.29) is 6.61 Å². The molecule has 94 valence electrons. The molecular formula is C13H19NO3. The van der Waals surface area contributed by atoms with Gasteiger partial charge >= 0.3 is 5.97 Å². The lowest BCUT2D eigenvalue weighted by atomic mass is 10.2. The third-order valence-electron chi connectivity index (χ3n) is 2.26. The Balaban J connectivity index is 2.14. The molecule has 0 radical (unpaired) electrons. The first-order chi connectivity index (χ1) is 8.24. The van der Waals surface area contributed by atoms with Crippen molar-refractivity contribution in [2.75, 3.05) is 19.8 Å². The molecule has 1 unspecified atom stereocenters. The third-order valence-corrected chi connectivity index (χ3v) is 2.26. The lowest BCUT2D eigenvalue weighted by Crippen LogP contribution is -2.36. The number of nitrogens with two attached hydrogens (primary N) is 1. The molecule has 1 aromatic carbocycles. The number of benzene rings is 1. The fourth-order valence-electron chi connectivity index (χ4n) is 1.36. The molecule has 2 N–H and O–H groups in total. The SMILES string of the molecule is CCOC(=O)C(N)COCCc1ccccc1. The summed E-state index contributed by atoms with van der Waals surface area (Å²) in [4.78, 5) is 11.2. The van der Waals surface area contributed by atoms with Gasteiger partial charge in [-0.1, -0.05) is 30.3 Å². The maximum absolute atomic E-state index is 11.2. The zero-order valence-electron chi connectivity index (χ0n) is 10.1. The molecule has 0 heterocycles. The van der Waals surface area contributed by atoms with E-state index in [4.69, 9.17) is 15.2 Å². The zero-order valence-corrected chi connectivity index (χ0v) is 10.1. The first-order valence-electron chi connectivity index (χ1n) is 5.78. The third kappa shape index (κ3) is 5.47. The summed E-state index contributed by atoms with van der Waals surface area (Å²) in [6.45, 7) is 2.85. The molecule has 0 amide bonds. The van der Waals surface area contributed by atoms with Gasteiger partial charge in [0.05, 0.1) is 19.8 Å². The molecule has 0 fully saturated rings. The lowest BCUT2D eigenvalue weighted by Gasteiger charge is -2.10. The molecule has 1 aromatic rings. The van der Waals surface area contributed by atoms with Gasteiger partial charge in [-0.25, -0.2) is 0 Å². The van der Waals surface area contributed by atoms with E-state index in [9.17, 15) is 4.79 Å². The molecule has 0 aliphatic carbocycles. The minimum Gasteiger partial charge on any atom is -0.465 e. The Morgan fingerprint density at radius 2 is 2.06 bits per heavy atom. The van der Waals surface area contributed by atoms with Crippen molar-refractivity contribution in [1.82, 2.24) is 0 Å². The molecule has 0 saturated carbocycles. The van der Waals surface area contributed by atoms with E-state index in [0.717, 1.165) is 6.42 Å². The summed E-state index contributed by atoms with van der Waals surface area (Å²) in [5.74, 6) is -0.410. The van der Waals surface area contributed by atoms with Gasteiger partial charge in [0.25, 0.3) is 0 Å². The predicted molar refractivity (Wildman–Crippen MR) is 65.6 cm³/mol. The number of hydrogen-bond donors (Lipinski definition) is 1. The zero-order chi connectivity index (χ0) is 12.5. The quantitative estimate of drug-likeness (QED) is 0.570. The molecule has 4 nitrogen and oxygen atoms in total. The van der Waals surface area contributed by atoms with Crippen LogP contribution >= 0.6 is 0 Å². The second kappa shape index (κ2) is 7.81. The molecule has 0 bridgehead atoms. The van der Waals surface area contributed by atoms with E-state index in [2.05, 4.69) is 0 Å². The van der Waals surface area contributed by atoms with Crippen molar-refractivity contribution in [3.63, 3.8) is 0 Å². The molecule has 1 rings (SSSR count). The standard InChI is InChI=1S/C13H19NO3/c1-2-17-13(15)12(14)10-16-9-8-11-6-4-3-5-7-11/h3-7,12H,2,8-10,14H2,1H3. The van der Waals surface area contributed by atoms with Gasteiger partial charge < -0.3 is 15.2 Å². The average Bonchev–Trinajstić information content (AvgIpc) is 2.36. The highest BCUT2D eigenvalue weighted by atomic mass is 16.5. The number of carbonyl (C=O) groups is 1. The molecule has 17 heavy (non-hydrogen) atoms. The van der Waals surface area contributed by atoms with Gasteiger partial charge in [0.15, 0.2) is 0 Å². The van der Waals surface area contributed by atoms with E-state index in [1.54, 1.807) is 6.92 Å². The van der Waals surface area contributed by atoms with Crippen molar-refractivity contribution in [2.45, 2.75) is 19.4 Å². The van der Waals surface area contributed by atoms with Gasteiger partial charge in [0.2, 0.25) is 0 Å². The highest BCUT2D eigenvalue weighted by molar-refractivity contribution is 5.75. The number of esters is 1. The number of hydrogen-bond acceptors (Lipinski definition) is 4. The Bertz CT molecular complexity index is 327. The van der Waals surface area contributed by atoms with E-state index < -0.39 is 12.0 Å². The van der Waals surface area contributed by atoms with Gasteiger partial charge in [-0.05, 0) is 18.9 Å². The summed E-state index contributed by atoms with van der Waals surface area (Å²) in [5, 5.41) is 0. The molecule has 0 aromatic heterocycles. The van der Waals surface area contributed by atoms with Crippen LogP contribution in [0.15, 0.2) is 30.3 Å². The van der Waals surface area contributed by atoms with Crippen LogP contribution < -0.4 is 5.73 Å². The monoisotopic (exact) mass is 237 g/mol. The second-order valence-corrected chi connectivity index (χ2v) is 3.67. The van der Waals surface area contributed by atoms with Crippen molar-refractivity contribution in [3.8, 4) is 0 Å². The molecule has 0 aliphatic heterocycles. The summed E-state index contributed by atoms with van der Waals surface area (Å²) >= 11 is 0. The summed E-state index contributed by atoms with van der Waals surface area (Å²) in [6, 6.07) is 9.33. The van der Waals surface area contributed by atoms with Crippen LogP contribution in [0.5, 0.6) is 0 Å². The minimum atomic E-state index is -0.689. The smallest absolute Gasteiger partial charge is 0.325 e. The molecule has 0 spiro atoms. The van der Waals surface area contributed by atoms with Gasteiger partial charge in [-0.3, -0.25) is 4.79 Å². The Hall–Kier alpha value is -1.39. The van der Waals surface area contributed by atoms with Crippen LogP contribution in [-0.2, 0) is 20.7 Å². The van der Waals surface area contributed by atoms with E-state index in [1.807, 2.05) is 30.3 Å². The Morgan fingerprint density at radius 3 is 2.71 bits per heavy atom. The number of carbonyl (C=O) groups excluding carboxylic acids is 1. The van der Waals surface area contributed by atoms with Crippen LogP contribution in [0.1, 0.15) is 12.5 Å². The minimum absolute atomic E-state index is 0.200. The first kappa shape index (κ1) is 13.7. The highest BCUT2D eigenvalue weighted by Crippen LogP contribution is 1.99. The van der Waals surface area contributed by atoms with Crippen LogP contribution in [0.3, 0.4) is 0 Å². The van der Waals surface area contributed by atoms with Gasteiger partial charge in [0, 0.05) is 0 Å². The summed E-state index contributed by atoms with van der Waals surface area (Å²) in [5.41, 5.74) is 6.79. The maximum atomic E-state index is 11.2. The average molecular weight is 237 g/mol. The fraction of sp³-hybridized carbons (Fsp3) is 0.462. The fourth-order valence-corrected chi connectivity index (χ4v) is 1.36. The largest absolute Gasteiger partial charge is 0.465 e. The lowest BCUT2D eigenvalue weighted by molar-refractivity contribution is -0.146. The normalized spacial score (nSPS) is 12.1. The Labute approximate surface area is 102 Å². The van der Waals surface area contributed by atoms with Crippen molar-refractivity contribution in [1.29, 1.82) is 0 Å². The van der Waals surface area contributed by atoms with E-state index >= 15 is 0 Å². The van der Waals surface area contributed by atoms with Gasteiger partial charge in [-0.15, -0.1) is 0 Å². The van der Waals surface area contributed by atoms with Crippen molar-refractivity contribution in [3.05, 3.63) is 35.9 Å². The van der Waals surface area contributed by atoms with Crippen LogP contribution in [0.4, 0.5) is 0 Å². The van der Waals surface area contributed by atoms with Gasteiger partial charge in [0.1, 0.15) is 6.04 Å². The van der Waals surface area contributed by atoms with E-state index in [1.165, 1.54) is 5.56 Å². The predicted octanol–water partition coefficient (Wildman–Crippen LogP) is 1.14. The van der Waals surface area contributed by atoms with Crippen molar-refractivity contribution >= 4 is 5.97 Å². The van der Waals surface area contributed by atoms with Crippen LogP contribution in [0.2, 0.25) is 0 Å². The first-order valence-corrected chi connectivity index (χ1v) is 5.78. The van der Waals surface area contributed by atoms with Crippen molar-refractivity contribution in [2.24, 2.45) is 5.73 Å². The van der Waals surface area contributed by atoms with Gasteiger partial charge in [-0.2, -0.15) is 0 Å². The summed E-state index contributed by atoms with van der Waals surface area (Å²) in [6.07, 6.45) is 0.816. The summed E-state index contributed by atoms with van der Waals surface area (Å²) < 4.78 is 10.1. The molecule has 1 atom stereocenters. The molecular weight excluding hydrogens is 218 g/mol. The summed E-state index contributed by atoms with van der Waals surface area (Å²) in [7, 11) is 0. The maximum Gasteiger partial charge on any atom is 0.325 e.